The molecule has 0 aliphatic rings. The standard InChI is InChI=1S/C6H10FN/c1-3-4-5-6(7)8-2/h4-5H,3H2,1-2H3/b5-4-,8-6+. The average Bonchev–Trinajstić information content (AvgIpc) is 1.83. The molecule has 0 atom stereocenters. The molecule has 0 aromatic rings. The van der Waals surface area contributed by atoms with Crippen LogP contribution >= 0.6 is 0 Å². The van der Waals surface area contributed by atoms with E-state index in [1.807, 2.05) is 6.92 Å². The molecular formula is C6H10FN. The second-order valence-electron chi connectivity index (χ2n) is 1.36. The first-order valence-electron chi connectivity index (χ1n) is 2.60. The zero-order valence-corrected chi connectivity index (χ0v) is 5.19. The third-order valence-electron chi connectivity index (χ3n) is 0.705. The Morgan fingerprint density at radius 1 is 1.75 bits per heavy atom. The molecule has 0 aliphatic heterocycles. The SMILES string of the molecule is CC/C=C\C(F)=N/C. The fourth-order valence-electron chi connectivity index (χ4n) is 0.290. The summed E-state index contributed by atoms with van der Waals surface area (Å²) in [6, 6.07) is 0. The van der Waals surface area contributed by atoms with Crippen molar-refractivity contribution in [2.24, 2.45) is 4.99 Å². The Morgan fingerprint density at radius 3 is 2.75 bits per heavy atom. The molecule has 0 aliphatic carbocycles. The molecule has 0 N–H and O–H groups in total. The first-order valence-corrected chi connectivity index (χ1v) is 2.60. The van der Waals surface area contributed by atoms with E-state index in [1.54, 1.807) is 6.08 Å². The lowest BCUT2D eigenvalue weighted by molar-refractivity contribution is 0.809. The van der Waals surface area contributed by atoms with Crippen LogP contribution < -0.4 is 0 Å². The fraction of sp³-hybridized carbons (Fsp3) is 0.500. The van der Waals surface area contributed by atoms with Crippen LogP contribution in [-0.4, -0.2) is 13.0 Å². The van der Waals surface area contributed by atoms with Gasteiger partial charge in [-0.25, -0.2) is 0 Å². The summed E-state index contributed by atoms with van der Waals surface area (Å²) in [5.74, 6) is -0.410. The molecule has 0 radical (unpaired) electrons. The maximum Gasteiger partial charge on any atom is 0.207 e. The quantitative estimate of drug-likeness (QED) is 0.488. The number of hydrogen-bond donors (Lipinski definition) is 0. The molecule has 8 heavy (non-hydrogen) atoms. The Balaban J connectivity index is 3.53. The highest BCUT2D eigenvalue weighted by atomic mass is 19.1. The third-order valence-corrected chi connectivity index (χ3v) is 0.705. The van der Waals surface area contributed by atoms with Gasteiger partial charge in [-0.1, -0.05) is 13.0 Å². The molecule has 2 heteroatoms. The molecule has 0 bridgehead atoms. The van der Waals surface area contributed by atoms with E-state index in [0.717, 1.165) is 6.42 Å². The second kappa shape index (κ2) is 4.50. The van der Waals surface area contributed by atoms with Gasteiger partial charge in [0.15, 0.2) is 0 Å². The molecule has 0 unspecified atom stereocenters. The number of aliphatic imine (C=N–C) groups is 1. The smallest absolute Gasteiger partial charge is 0.207 e. The summed E-state index contributed by atoms with van der Waals surface area (Å²) in [5.41, 5.74) is 0. The van der Waals surface area contributed by atoms with E-state index in [1.165, 1.54) is 13.1 Å². The molecule has 0 aromatic carbocycles. The molecule has 0 aromatic heterocycles. The molecule has 0 saturated carbocycles. The first-order chi connectivity index (χ1) is 3.81. The van der Waals surface area contributed by atoms with Crippen LogP contribution in [0.4, 0.5) is 4.39 Å². The van der Waals surface area contributed by atoms with Gasteiger partial charge in [-0.3, -0.25) is 4.99 Å². The summed E-state index contributed by atoms with van der Waals surface area (Å²) < 4.78 is 12.0. The Kier molecular flexibility index (Phi) is 4.13. The molecule has 46 valence electrons. The molecule has 0 rings (SSSR count). The molecule has 0 fully saturated rings. The molecule has 0 heterocycles. The number of nitrogens with zero attached hydrogens (tertiary/aromatic N) is 1. The van der Waals surface area contributed by atoms with Crippen molar-refractivity contribution in [3.8, 4) is 0 Å². The van der Waals surface area contributed by atoms with E-state index in [2.05, 4.69) is 4.99 Å². The number of halogens is 1. The van der Waals surface area contributed by atoms with Crippen molar-refractivity contribution in [3.63, 3.8) is 0 Å². The summed E-state index contributed by atoms with van der Waals surface area (Å²) in [6.45, 7) is 1.94. The summed E-state index contributed by atoms with van der Waals surface area (Å²) in [5, 5.41) is 0. The first kappa shape index (κ1) is 7.34. The Bertz CT molecular complexity index is 105. The predicted octanol–water partition coefficient (Wildman–Crippen LogP) is 1.95. The molecule has 0 saturated heterocycles. The summed E-state index contributed by atoms with van der Waals surface area (Å²) in [4.78, 5) is 3.29. The van der Waals surface area contributed by atoms with Crippen LogP contribution in [-0.2, 0) is 0 Å². The van der Waals surface area contributed by atoms with E-state index in [-0.39, 0.29) is 0 Å². The predicted molar refractivity (Wildman–Crippen MR) is 33.9 cm³/mol. The lowest BCUT2D eigenvalue weighted by Crippen LogP contribution is -1.77. The van der Waals surface area contributed by atoms with Crippen LogP contribution in [0.3, 0.4) is 0 Å². The topological polar surface area (TPSA) is 12.4 Å². The van der Waals surface area contributed by atoms with Gasteiger partial charge in [0.2, 0.25) is 5.97 Å². The lowest BCUT2D eigenvalue weighted by atomic mass is 10.4. The van der Waals surface area contributed by atoms with E-state index >= 15 is 0 Å². The van der Waals surface area contributed by atoms with E-state index in [0.29, 0.717) is 0 Å². The van der Waals surface area contributed by atoms with Crippen molar-refractivity contribution in [3.05, 3.63) is 12.2 Å². The maximum atomic E-state index is 12.0. The van der Waals surface area contributed by atoms with Gasteiger partial charge in [0.1, 0.15) is 0 Å². The Labute approximate surface area is 48.9 Å². The second-order valence-corrected chi connectivity index (χ2v) is 1.36. The maximum absolute atomic E-state index is 12.0. The van der Waals surface area contributed by atoms with Gasteiger partial charge in [0, 0.05) is 7.05 Å². The van der Waals surface area contributed by atoms with Gasteiger partial charge in [0.05, 0.1) is 0 Å². The number of rotatable bonds is 2. The van der Waals surface area contributed by atoms with Crippen LogP contribution in [0.1, 0.15) is 13.3 Å². The van der Waals surface area contributed by atoms with Crippen molar-refractivity contribution in [2.75, 3.05) is 7.05 Å². The van der Waals surface area contributed by atoms with E-state index < -0.39 is 5.97 Å². The van der Waals surface area contributed by atoms with Gasteiger partial charge in [0.25, 0.3) is 0 Å². The number of allylic oxidation sites excluding steroid dienone is 2. The summed E-state index contributed by atoms with van der Waals surface area (Å²) >= 11 is 0. The van der Waals surface area contributed by atoms with Crippen molar-refractivity contribution in [1.82, 2.24) is 0 Å². The third kappa shape index (κ3) is 3.53. The van der Waals surface area contributed by atoms with Crippen molar-refractivity contribution in [1.29, 1.82) is 0 Å². The van der Waals surface area contributed by atoms with Crippen LogP contribution in [0.2, 0.25) is 0 Å². The molecule has 1 nitrogen and oxygen atoms in total. The van der Waals surface area contributed by atoms with Crippen LogP contribution in [0.25, 0.3) is 0 Å². The largest absolute Gasteiger partial charge is 0.261 e. The molecule has 0 spiro atoms. The lowest BCUT2D eigenvalue weighted by Gasteiger charge is -1.78. The molecule has 0 amide bonds. The van der Waals surface area contributed by atoms with E-state index in [4.69, 9.17) is 0 Å². The highest BCUT2D eigenvalue weighted by Gasteiger charge is 1.80. The minimum Gasteiger partial charge on any atom is -0.261 e. The molecular weight excluding hydrogens is 105 g/mol. The van der Waals surface area contributed by atoms with Gasteiger partial charge in [-0.2, -0.15) is 4.39 Å². The fourth-order valence-corrected chi connectivity index (χ4v) is 0.290. The minimum atomic E-state index is -0.410. The van der Waals surface area contributed by atoms with Crippen molar-refractivity contribution >= 4 is 5.97 Å². The Hall–Kier alpha value is -0.660. The van der Waals surface area contributed by atoms with E-state index in [9.17, 15) is 4.39 Å². The van der Waals surface area contributed by atoms with Gasteiger partial charge >= 0.3 is 0 Å². The van der Waals surface area contributed by atoms with Crippen molar-refractivity contribution < 1.29 is 4.39 Å². The zero-order valence-electron chi connectivity index (χ0n) is 5.19. The van der Waals surface area contributed by atoms with Crippen LogP contribution in [0, 0.1) is 0 Å². The average molecular weight is 115 g/mol. The minimum absolute atomic E-state index is 0.410. The highest BCUT2D eigenvalue weighted by Crippen LogP contribution is 1.84. The monoisotopic (exact) mass is 115 g/mol. The summed E-state index contributed by atoms with van der Waals surface area (Å²) in [6.07, 6.45) is 3.94. The van der Waals surface area contributed by atoms with Gasteiger partial charge in [-0.15, -0.1) is 0 Å². The van der Waals surface area contributed by atoms with Crippen molar-refractivity contribution in [2.45, 2.75) is 13.3 Å². The normalized spacial score (nSPS) is 13.1. The highest BCUT2D eigenvalue weighted by molar-refractivity contribution is 5.86. The van der Waals surface area contributed by atoms with Gasteiger partial charge in [-0.05, 0) is 12.5 Å². The van der Waals surface area contributed by atoms with Gasteiger partial charge < -0.3 is 0 Å². The van der Waals surface area contributed by atoms with Crippen LogP contribution in [0.15, 0.2) is 17.1 Å². The summed E-state index contributed by atoms with van der Waals surface area (Å²) in [7, 11) is 1.43. The Morgan fingerprint density at radius 2 is 2.38 bits per heavy atom. The number of hydrogen-bond acceptors (Lipinski definition) is 1. The van der Waals surface area contributed by atoms with Crippen LogP contribution in [0.5, 0.6) is 0 Å². The zero-order chi connectivity index (χ0) is 6.41.